The summed E-state index contributed by atoms with van der Waals surface area (Å²) in [5, 5.41) is 2.63. The molecular weight excluding hydrogens is 456 g/mol. The summed E-state index contributed by atoms with van der Waals surface area (Å²) in [6.45, 7) is 5.42. The summed E-state index contributed by atoms with van der Waals surface area (Å²) in [7, 11) is 2.95. The quantitative estimate of drug-likeness (QED) is 0.593. The number of carbonyl (C=O) groups excluding carboxylic acids is 3. The molecule has 1 atom stereocenters. The Kier molecular flexibility index (Phi) is 6.97. The predicted molar refractivity (Wildman–Crippen MR) is 129 cm³/mol. The lowest BCUT2D eigenvalue weighted by Gasteiger charge is -2.37. The van der Waals surface area contributed by atoms with Gasteiger partial charge in [-0.05, 0) is 30.0 Å². The van der Waals surface area contributed by atoms with E-state index in [4.69, 9.17) is 9.47 Å². The fraction of sp³-hybridized carbons (Fsp3) is 0.417. The molecule has 0 bridgehead atoms. The molecule has 1 aromatic carbocycles. The first kappa shape index (κ1) is 23.9. The van der Waals surface area contributed by atoms with Gasteiger partial charge in [-0.3, -0.25) is 9.59 Å². The lowest BCUT2D eigenvalue weighted by atomic mass is 9.93. The summed E-state index contributed by atoms with van der Waals surface area (Å²) in [5.74, 6) is 0.206. The zero-order valence-electron chi connectivity index (χ0n) is 19.7. The van der Waals surface area contributed by atoms with Crippen molar-refractivity contribution in [1.82, 2.24) is 14.7 Å². The van der Waals surface area contributed by atoms with E-state index in [9.17, 15) is 14.4 Å². The van der Waals surface area contributed by atoms with Crippen LogP contribution in [0, 0.1) is 0 Å². The molecule has 0 spiro atoms. The maximum absolute atomic E-state index is 13.2. The Bertz CT molecular complexity index is 1100. The number of thioether (sulfide) groups is 1. The first-order chi connectivity index (χ1) is 16.3. The predicted octanol–water partition coefficient (Wildman–Crippen LogP) is 2.52. The summed E-state index contributed by atoms with van der Waals surface area (Å²) in [6, 6.07) is 7.02. The molecular formula is C24H28N4O5S. The Morgan fingerprint density at radius 2 is 1.82 bits per heavy atom. The number of aliphatic imine (C=N–C) groups is 1. The number of nitrogens with zero attached hydrogens (tertiary/aromatic N) is 4. The van der Waals surface area contributed by atoms with Crippen LogP contribution in [0.15, 0.2) is 51.6 Å². The Morgan fingerprint density at radius 3 is 2.47 bits per heavy atom. The summed E-state index contributed by atoms with van der Waals surface area (Å²) in [5.41, 5.74) is 2.61. The summed E-state index contributed by atoms with van der Waals surface area (Å²) in [6.07, 6.45) is 0.167. The number of hydrogen-bond acceptors (Lipinski definition) is 8. The molecule has 9 nitrogen and oxygen atoms in total. The van der Waals surface area contributed by atoms with Crippen LogP contribution < -0.4 is 4.74 Å². The van der Waals surface area contributed by atoms with Crippen LogP contribution in [0.1, 0.15) is 31.9 Å². The van der Waals surface area contributed by atoms with Crippen LogP contribution in [-0.2, 0) is 19.1 Å². The van der Waals surface area contributed by atoms with Gasteiger partial charge in [-0.1, -0.05) is 23.9 Å². The molecule has 0 N–H and O–H groups in total. The van der Waals surface area contributed by atoms with Crippen molar-refractivity contribution in [2.75, 3.05) is 40.4 Å². The van der Waals surface area contributed by atoms with Gasteiger partial charge in [-0.2, -0.15) is 0 Å². The number of carbonyl (C=O) groups is 3. The molecule has 0 aromatic heterocycles. The minimum atomic E-state index is -0.501. The van der Waals surface area contributed by atoms with Crippen LogP contribution in [0.25, 0.3) is 0 Å². The van der Waals surface area contributed by atoms with E-state index < -0.39 is 12.0 Å². The standard InChI is InChI=1S/C24H28N4O5S/c1-15-21(23(31)33-4)22(17-6-5-7-19(12-17)32-3)28-18(14-34-24(28)25-15)13-20(30)27-10-8-26(9-11-27)16(2)29/h5-7,12,14,22H,8-11,13H2,1-4H3. The van der Waals surface area contributed by atoms with Crippen molar-refractivity contribution in [3.63, 3.8) is 0 Å². The van der Waals surface area contributed by atoms with E-state index in [0.29, 0.717) is 48.4 Å². The fourth-order valence-electron chi connectivity index (χ4n) is 4.41. The number of benzene rings is 1. The lowest BCUT2D eigenvalue weighted by molar-refractivity contribution is -0.138. The topological polar surface area (TPSA) is 91.8 Å². The molecule has 0 radical (unpaired) electrons. The van der Waals surface area contributed by atoms with Gasteiger partial charge in [0, 0.05) is 38.8 Å². The van der Waals surface area contributed by atoms with Crippen molar-refractivity contribution < 1.29 is 23.9 Å². The van der Waals surface area contributed by atoms with Gasteiger partial charge in [0.2, 0.25) is 11.8 Å². The van der Waals surface area contributed by atoms with E-state index >= 15 is 0 Å². The first-order valence-electron chi connectivity index (χ1n) is 11.0. The zero-order chi connectivity index (χ0) is 24.4. The Hall–Kier alpha value is -3.27. The summed E-state index contributed by atoms with van der Waals surface area (Å²) < 4.78 is 10.5. The minimum Gasteiger partial charge on any atom is -0.497 e. The molecule has 1 unspecified atom stereocenters. The molecule has 1 aromatic rings. The number of hydrogen-bond donors (Lipinski definition) is 0. The monoisotopic (exact) mass is 484 g/mol. The van der Waals surface area contributed by atoms with Gasteiger partial charge in [0.15, 0.2) is 5.17 Å². The number of methoxy groups -OCH3 is 2. The second kappa shape index (κ2) is 9.92. The molecule has 2 amide bonds. The highest BCUT2D eigenvalue weighted by atomic mass is 32.2. The van der Waals surface area contributed by atoms with E-state index in [1.807, 2.05) is 34.6 Å². The third-order valence-electron chi connectivity index (χ3n) is 6.23. The number of amidine groups is 1. The van der Waals surface area contributed by atoms with Crippen molar-refractivity contribution in [1.29, 1.82) is 0 Å². The molecule has 4 rings (SSSR count). The van der Waals surface area contributed by atoms with E-state index in [1.54, 1.807) is 30.8 Å². The number of allylic oxidation sites excluding steroid dienone is 1. The molecule has 1 fully saturated rings. The van der Waals surface area contributed by atoms with Gasteiger partial charge in [0.1, 0.15) is 5.75 Å². The van der Waals surface area contributed by atoms with Gasteiger partial charge >= 0.3 is 5.97 Å². The van der Waals surface area contributed by atoms with E-state index in [0.717, 1.165) is 11.3 Å². The number of fused-ring (bicyclic) bond motifs is 1. The lowest BCUT2D eigenvalue weighted by Crippen LogP contribution is -2.50. The van der Waals surface area contributed by atoms with Gasteiger partial charge < -0.3 is 24.2 Å². The number of ether oxygens (including phenoxy) is 2. The highest BCUT2D eigenvalue weighted by molar-refractivity contribution is 8.16. The average molecular weight is 485 g/mol. The second-order valence-electron chi connectivity index (χ2n) is 8.22. The zero-order valence-corrected chi connectivity index (χ0v) is 20.6. The fourth-order valence-corrected chi connectivity index (χ4v) is 5.37. The SMILES string of the molecule is COC(=O)C1=C(C)N=C2SC=C(CC(=O)N3CCN(C(C)=O)CC3)N2C1c1cccc(OC)c1. The van der Waals surface area contributed by atoms with Crippen LogP contribution >= 0.6 is 11.8 Å². The van der Waals surface area contributed by atoms with E-state index in [2.05, 4.69) is 4.99 Å². The average Bonchev–Trinajstić information content (AvgIpc) is 3.24. The van der Waals surface area contributed by atoms with Crippen molar-refractivity contribution in [2.24, 2.45) is 4.99 Å². The maximum atomic E-state index is 13.2. The smallest absolute Gasteiger partial charge is 0.338 e. The molecule has 3 aliphatic rings. The minimum absolute atomic E-state index is 0.0217. The normalized spacial score (nSPS) is 20.0. The molecule has 0 saturated carbocycles. The van der Waals surface area contributed by atoms with Crippen molar-refractivity contribution in [3.05, 3.63) is 52.2 Å². The third kappa shape index (κ3) is 4.54. The van der Waals surface area contributed by atoms with E-state index in [1.165, 1.54) is 18.9 Å². The van der Waals surface area contributed by atoms with Crippen LogP contribution in [-0.4, -0.2) is 78.0 Å². The van der Waals surface area contributed by atoms with Gasteiger partial charge in [-0.25, -0.2) is 9.79 Å². The van der Waals surface area contributed by atoms with Crippen LogP contribution in [0.5, 0.6) is 5.75 Å². The molecule has 1 saturated heterocycles. The molecule has 34 heavy (non-hydrogen) atoms. The van der Waals surface area contributed by atoms with Gasteiger partial charge in [-0.15, -0.1) is 0 Å². The highest BCUT2D eigenvalue weighted by Gasteiger charge is 2.41. The summed E-state index contributed by atoms with van der Waals surface area (Å²) in [4.78, 5) is 47.7. The van der Waals surface area contributed by atoms with Crippen molar-refractivity contribution in [3.8, 4) is 5.75 Å². The Morgan fingerprint density at radius 1 is 1.12 bits per heavy atom. The second-order valence-corrected chi connectivity index (χ2v) is 9.06. The largest absolute Gasteiger partial charge is 0.497 e. The third-order valence-corrected chi connectivity index (χ3v) is 7.11. The van der Waals surface area contributed by atoms with Crippen LogP contribution in [0.4, 0.5) is 0 Å². The van der Waals surface area contributed by atoms with Gasteiger partial charge in [0.25, 0.3) is 0 Å². The maximum Gasteiger partial charge on any atom is 0.338 e. The first-order valence-corrected chi connectivity index (χ1v) is 11.9. The number of piperazine rings is 1. The molecule has 3 heterocycles. The van der Waals surface area contributed by atoms with Crippen LogP contribution in [0.3, 0.4) is 0 Å². The molecule has 180 valence electrons. The molecule has 10 heteroatoms. The Labute approximate surface area is 203 Å². The number of rotatable bonds is 5. The van der Waals surface area contributed by atoms with Gasteiger partial charge in [0.05, 0.1) is 38.0 Å². The van der Waals surface area contributed by atoms with Crippen LogP contribution in [0.2, 0.25) is 0 Å². The summed E-state index contributed by atoms with van der Waals surface area (Å²) >= 11 is 1.43. The van der Waals surface area contributed by atoms with Crippen molar-refractivity contribution >= 4 is 34.7 Å². The molecule has 3 aliphatic heterocycles. The number of amides is 2. The Balaban J connectivity index is 1.62. The number of esters is 1. The van der Waals surface area contributed by atoms with E-state index in [-0.39, 0.29) is 18.2 Å². The highest BCUT2D eigenvalue weighted by Crippen LogP contribution is 2.45. The molecule has 0 aliphatic carbocycles. The van der Waals surface area contributed by atoms with Crippen molar-refractivity contribution in [2.45, 2.75) is 26.3 Å².